The standard InChI is InChI=1S/C14H24ClNO/c15-10-9-14(7-8-14)11-16-13(17)6-5-12-3-1-2-4-12/h12H,1-11H2,(H,16,17). The summed E-state index contributed by atoms with van der Waals surface area (Å²) in [5.41, 5.74) is 0.366. The molecule has 0 aliphatic heterocycles. The van der Waals surface area contributed by atoms with Crippen LogP contribution < -0.4 is 5.32 Å². The summed E-state index contributed by atoms with van der Waals surface area (Å²) in [6.45, 7) is 0.850. The second kappa shape index (κ2) is 6.08. The average molecular weight is 258 g/mol. The molecular weight excluding hydrogens is 234 g/mol. The molecule has 0 bridgehead atoms. The topological polar surface area (TPSA) is 29.1 Å². The molecule has 0 spiro atoms. The van der Waals surface area contributed by atoms with Crippen LogP contribution in [0.3, 0.4) is 0 Å². The summed E-state index contributed by atoms with van der Waals surface area (Å²) in [5.74, 6) is 1.79. The van der Waals surface area contributed by atoms with Crippen molar-refractivity contribution in [1.82, 2.24) is 5.32 Å². The van der Waals surface area contributed by atoms with Crippen LogP contribution in [0.15, 0.2) is 0 Å². The summed E-state index contributed by atoms with van der Waals surface area (Å²) in [5, 5.41) is 3.10. The maximum absolute atomic E-state index is 11.7. The van der Waals surface area contributed by atoms with Crippen LogP contribution in [0.4, 0.5) is 0 Å². The van der Waals surface area contributed by atoms with Crippen molar-refractivity contribution in [1.29, 1.82) is 0 Å². The van der Waals surface area contributed by atoms with Crippen LogP contribution in [0.2, 0.25) is 0 Å². The molecular formula is C14H24ClNO. The van der Waals surface area contributed by atoms with E-state index in [1.165, 1.54) is 38.5 Å². The van der Waals surface area contributed by atoms with Gasteiger partial charge in [0.1, 0.15) is 0 Å². The first-order chi connectivity index (χ1) is 8.24. The zero-order valence-corrected chi connectivity index (χ0v) is 11.4. The largest absolute Gasteiger partial charge is 0.356 e. The smallest absolute Gasteiger partial charge is 0.220 e. The van der Waals surface area contributed by atoms with Crippen LogP contribution >= 0.6 is 11.6 Å². The molecule has 1 amide bonds. The molecule has 2 rings (SSSR count). The SMILES string of the molecule is O=C(CCC1CCCC1)NCC1(CCCl)CC1. The maximum atomic E-state index is 11.7. The fourth-order valence-corrected chi connectivity index (χ4v) is 3.30. The van der Waals surface area contributed by atoms with Gasteiger partial charge in [-0.1, -0.05) is 25.7 Å². The molecule has 2 nitrogen and oxygen atoms in total. The molecule has 2 saturated carbocycles. The molecule has 98 valence electrons. The van der Waals surface area contributed by atoms with E-state index < -0.39 is 0 Å². The number of alkyl halides is 1. The van der Waals surface area contributed by atoms with Crippen LogP contribution in [-0.2, 0) is 4.79 Å². The lowest BCUT2D eigenvalue weighted by Crippen LogP contribution is -2.30. The fourth-order valence-electron chi connectivity index (χ4n) is 2.90. The summed E-state index contributed by atoms with van der Waals surface area (Å²) in [4.78, 5) is 11.7. The quantitative estimate of drug-likeness (QED) is 0.695. The van der Waals surface area contributed by atoms with Gasteiger partial charge in [-0.3, -0.25) is 4.79 Å². The third-order valence-corrected chi connectivity index (χ3v) is 4.69. The van der Waals surface area contributed by atoms with Gasteiger partial charge in [0, 0.05) is 18.8 Å². The highest BCUT2D eigenvalue weighted by Gasteiger charge is 2.41. The number of carbonyl (C=O) groups excluding carboxylic acids is 1. The van der Waals surface area contributed by atoms with E-state index in [1.54, 1.807) is 0 Å². The van der Waals surface area contributed by atoms with Gasteiger partial charge in [0.05, 0.1) is 0 Å². The monoisotopic (exact) mass is 257 g/mol. The van der Waals surface area contributed by atoms with Crippen molar-refractivity contribution in [2.75, 3.05) is 12.4 Å². The predicted molar refractivity (Wildman–Crippen MR) is 71.2 cm³/mol. The second-order valence-corrected chi connectivity index (χ2v) is 6.28. The lowest BCUT2D eigenvalue weighted by atomic mass is 10.0. The highest BCUT2D eigenvalue weighted by Crippen LogP contribution is 2.48. The lowest BCUT2D eigenvalue weighted by molar-refractivity contribution is -0.121. The number of amides is 1. The van der Waals surface area contributed by atoms with Gasteiger partial charge < -0.3 is 5.32 Å². The van der Waals surface area contributed by atoms with Gasteiger partial charge in [-0.25, -0.2) is 0 Å². The summed E-state index contributed by atoms with van der Waals surface area (Å²) < 4.78 is 0. The molecule has 2 fully saturated rings. The van der Waals surface area contributed by atoms with Crippen molar-refractivity contribution in [2.45, 2.75) is 57.8 Å². The highest BCUT2D eigenvalue weighted by molar-refractivity contribution is 6.17. The fraction of sp³-hybridized carbons (Fsp3) is 0.929. The van der Waals surface area contributed by atoms with Crippen LogP contribution in [0.1, 0.15) is 57.8 Å². The maximum Gasteiger partial charge on any atom is 0.220 e. The van der Waals surface area contributed by atoms with Crippen LogP contribution in [0, 0.1) is 11.3 Å². The molecule has 2 aliphatic rings. The van der Waals surface area contributed by atoms with Crippen molar-refractivity contribution in [3.8, 4) is 0 Å². The summed E-state index contributed by atoms with van der Waals surface area (Å²) >= 11 is 5.78. The first-order valence-corrected chi connectivity index (χ1v) is 7.60. The Bertz CT molecular complexity index is 257. The molecule has 0 atom stereocenters. The summed E-state index contributed by atoms with van der Waals surface area (Å²) in [7, 11) is 0. The number of hydrogen-bond donors (Lipinski definition) is 1. The predicted octanol–water partition coefficient (Wildman–Crippen LogP) is 3.48. The molecule has 0 unspecified atom stereocenters. The normalized spacial score (nSPS) is 22.6. The first kappa shape index (κ1) is 13.2. The minimum absolute atomic E-state index is 0.248. The van der Waals surface area contributed by atoms with E-state index in [4.69, 9.17) is 11.6 Å². The number of nitrogens with one attached hydrogen (secondary N) is 1. The summed E-state index contributed by atoms with van der Waals surface area (Å²) in [6, 6.07) is 0. The van der Waals surface area contributed by atoms with Crippen LogP contribution in [0.5, 0.6) is 0 Å². The van der Waals surface area contributed by atoms with Crippen molar-refractivity contribution in [3.05, 3.63) is 0 Å². The first-order valence-electron chi connectivity index (χ1n) is 7.07. The second-order valence-electron chi connectivity index (χ2n) is 5.90. The van der Waals surface area contributed by atoms with Gasteiger partial charge in [0.25, 0.3) is 0 Å². The molecule has 0 radical (unpaired) electrons. The molecule has 2 aliphatic carbocycles. The van der Waals surface area contributed by atoms with E-state index in [0.717, 1.165) is 37.6 Å². The Balaban J connectivity index is 1.57. The van der Waals surface area contributed by atoms with Gasteiger partial charge in [-0.05, 0) is 37.0 Å². The van der Waals surface area contributed by atoms with E-state index in [-0.39, 0.29) is 5.91 Å². The summed E-state index contributed by atoms with van der Waals surface area (Å²) in [6.07, 6.45) is 10.8. The molecule has 3 heteroatoms. The van der Waals surface area contributed by atoms with E-state index in [1.807, 2.05) is 0 Å². The molecule has 0 aromatic rings. The van der Waals surface area contributed by atoms with Gasteiger partial charge in [0.15, 0.2) is 0 Å². The number of carbonyl (C=O) groups is 1. The third-order valence-electron chi connectivity index (χ3n) is 4.50. The lowest BCUT2D eigenvalue weighted by Gasteiger charge is -2.15. The van der Waals surface area contributed by atoms with E-state index in [9.17, 15) is 4.79 Å². The van der Waals surface area contributed by atoms with Crippen LogP contribution in [-0.4, -0.2) is 18.3 Å². The molecule has 0 heterocycles. The van der Waals surface area contributed by atoms with Gasteiger partial charge in [-0.2, -0.15) is 0 Å². The molecule has 17 heavy (non-hydrogen) atoms. The Labute approximate surface area is 109 Å². The Hall–Kier alpha value is -0.240. The third kappa shape index (κ3) is 4.17. The Morgan fingerprint density at radius 3 is 2.59 bits per heavy atom. The number of halogens is 1. The van der Waals surface area contributed by atoms with Crippen molar-refractivity contribution in [2.24, 2.45) is 11.3 Å². The minimum Gasteiger partial charge on any atom is -0.356 e. The van der Waals surface area contributed by atoms with Crippen molar-refractivity contribution < 1.29 is 4.79 Å². The molecule has 0 aromatic carbocycles. The van der Waals surface area contributed by atoms with Crippen molar-refractivity contribution >= 4 is 17.5 Å². The zero-order valence-electron chi connectivity index (χ0n) is 10.6. The zero-order chi connectivity index (χ0) is 12.1. The Kier molecular flexibility index (Phi) is 4.72. The average Bonchev–Trinajstić information content (AvgIpc) is 2.90. The van der Waals surface area contributed by atoms with Gasteiger partial charge >= 0.3 is 0 Å². The minimum atomic E-state index is 0.248. The molecule has 0 aromatic heterocycles. The number of hydrogen-bond acceptors (Lipinski definition) is 1. The van der Waals surface area contributed by atoms with Gasteiger partial charge in [0.2, 0.25) is 5.91 Å². The van der Waals surface area contributed by atoms with Crippen LogP contribution in [0.25, 0.3) is 0 Å². The van der Waals surface area contributed by atoms with Crippen molar-refractivity contribution in [3.63, 3.8) is 0 Å². The Morgan fingerprint density at radius 2 is 2.00 bits per heavy atom. The van der Waals surface area contributed by atoms with E-state index >= 15 is 0 Å². The molecule has 0 saturated heterocycles. The van der Waals surface area contributed by atoms with Gasteiger partial charge in [-0.15, -0.1) is 11.6 Å². The van der Waals surface area contributed by atoms with E-state index in [2.05, 4.69) is 5.32 Å². The Morgan fingerprint density at radius 1 is 1.29 bits per heavy atom. The highest BCUT2D eigenvalue weighted by atomic mass is 35.5. The number of rotatable bonds is 7. The molecule has 1 N–H and O–H groups in total. The van der Waals surface area contributed by atoms with E-state index in [0.29, 0.717) is 5.41 Å².